The van der Waals surface area contributed by atoms with E-state index in [2.05, 4.69) is 35.8 Å². The molecule has 108 valence electrons. The van der Waals surface area contributed by atoms with Crippen molar-refractivity contribution in [1.82, 2.24) is 5.32 Å². The average Bonchev–Trinajstić information content (AvgIpc) is 2.55. The second-order valence-electron chi connectivity index (χ2n) is 5.83. The van der Waals surface area contributed by atoms with Crippen LogP contribution >= 0.6 is 0 Å². The predicted octanol–water partition coefficient (Wildman–Crippen LogP) is 2.23. The fourth-order valence-corrected chi connectivity index (χ4v) is 2.47. The molecule has 1 N–H and O–H groups in total. The van der Waals surface area contributed by atoms with Gasteiger partial charge in [-0.2, -0.15) is 0 Å². The van der Waals surface area contributed by atoms with E-state index in [1.54, 1.807) is 12.1 Å². The summed E-state index contributed by atoms with van der Waals surface area (Å²) in [6.07, 6.45) is 0.802. The molecule has 0 fully saturated rings. The quantitative estimate of drug-likeness (QED) is 0.676. The van der Waals surface area contributed by atoms with Crippen molar-refractivity contribution in [3.8, 4) is 5.75 Å². The molecule has 0 amide bonds. The molecule has 5 heteroatoms. The van der Waals surface area contributed by atoms with Crippen molar-refractivity contribution in [3.05, 3.63) is 17.7 Å². The molecule has 0 unspecified atom stereocenters. The minimum atomic E-state index is 0.00958. The van der Waals surface area contributed by atoms with Crippen molar-refractivity contribution in [2.75, 3.05) is 31.8 Å². The summed E-state index contributed by atoms with van der Waals surface area (Å²) in [5.41, 5.74) is 2.13. The van der Waals surface area contributed by atoms with Gasteiger partial charge >= 0.3 is 0 Å². The lowest BCUT2D eigenvalue weighted by molar-refractivity contribution is 0.112. The van der Waals surface area contributed by atoms with Gasteiger partial charge in [0.2, 0.25) is 0 Å². The number of nitrogens with one attached hydrogen (secondary N) is 1. The van der Waals surface area contributed by atoms with Crippen LogP contribution in [0.4, 0.5) is 11.4 Å². The fraction of sp³-hybridized carbons (Fsp3) is 0.467. The Labute approximate surface area is 119 Å². The number of aliphatic imine (C=N–C) groups is 1. The molecule has 0 saturated carbocycles. The van der Waals surface area contributed by atoms with Crippen LogP contribution in [-0.2, 0) is 0 Å². The van der Waals surface area contributed by atoms with Gasteiger partial charge in [-0.05, 0) is 25.9 Å². The van der Waals surface area contributed by atoms with Gasteiger partial charge in [0.25, 0.3) is 0 Å². The van der Waals surface area contributed by atoms with Crippen molar-refractivity contribution >= 4 is 24.4 Å². The standard InChI is InChI=1S/C15H21N3O2/c1-15(2)8-18(10-16-3)14-12(17-4)5-11(7-19)6-13(14)20-9-15/h5-7,16H,4,8-10H2,1-3H3. The Hall–Kier alpha value is -1.88. The van der Waals surface area contributed by atoms with Crippen molar-refractivity contribution in [1.29, 1.82) is 0 Å². The number of carbonyl (C=O) groups is 1. The van der Waals surface area contributed by atoms with E-state index in [1.807, 2.05) is 7.05 Å². The van der Waals surface area contributed by atoms with Gasteiger partial charge in [0.15, 0.2) is 0 Å². The fourth-order valence-electron chi connectivity index (χ4n) is 2.47. The van der Waals surface area contributed by atoms with Crippen molar-refractivity contribution < 1.29 is 9.53 Å². The van der Waals surface area contributed by atoms with Gasteiger partial charge < -0.3 is 15.0 Å². The molecule has 0 aromatic heterocycles. The highest BCUT2D eigenvalue weighted by atomic mass is 16.5. The second-order valence-corrected chi connectivity index (χ2v) is 5.83. The van der Waals surface area contributed by atoms with Crippen LogP contribution in [0.3, 0.4) is 0 Å². The summed E-state index contributed by atoms with van der Waals surface area (Å²) in [5.74, 6) is 0.692. The molecule has 0 aliphatic carbocycles. The number of aldehydes is 1. The predicted molar refractivity (Wildman–Crippen MR) is 81.6 cm³/mol. The lowest BCUT2D eigenvalue weighted by atomic mass is 9.94. The number of hydrogen-bond acceptors (Lipinski definition) is 5. The summed E-state index contributed by atoms with van der Waals surface area (Å²) in [6, 6.07) is 3.50. The maximum atomic E-state index is 11.0. The summed E-state index contributed by atoms with van der Waals surface area (Å²) >= 11 is 0. The molecular weight excluding hydrogens is 254 g/mol. The monoisotopic (exact) mass is 275 g/mol. The molecule has 1 aliphatic rings. The third kappa shape index (κ3) is 2.82. The van der Waals surface area contributed by atoms with E-state index in [-0.39, 0.29) is 5.41 Å². The molecule has 0 saturated heterocycles. The number of fused-ring (bicyclic) bond motifs is 1. The van der Waals surface area contributed by atoms with Crippen LogP contribution in [0, 0.1) is 5.41 Å². The van der Waals surface area contributed by atoms with E-state index in [1.165, 1.54) is 0 Å². The van der Waals surface area contributed by atoms with Crippen LogP contribution in [0.25, 0.3) is 0 Å². The number of rotatable bonds is 4. The van der Waals surface area contributed by atoms with Crippen molar-refractivity contribution in [3.63, 3.8) is 0 Å². The van der Waals surface area contributed by atoms with E-state index < -0.39 is 0 Å². The van der Waals surface area contributed by atoms with Gasteiger partial charge in [0.1, 0.15) is 17.7 Å². The molecule has 1 aliphatic heterocycles. The molecule has 0 atom stereocenters. The Bertz CT molecular complexity index is 526. The highest BCUT2D eigenvalue weighted by Crippen LogP contribution is 2.42. The third-order valence-electron chi connectivity index (χ3n) is 3.29. The van der Waals surface area contributed by atoms with Gasteiger partial charge in [-0.15, -0.1) is 0 Å². The summed E-state index contributed by atoms with van der Waals surface area (Å²) in [4.78, 5) is 17.3. The zero-order valence-corrected chi connectivity index (χ0v) is 12.3. The minimum Gasteiger partial charge on any atom is -0.491 e. The number of anilines is 1. The first-order chi connectivity index (χ1) is 9.50. The lowest BCUT2D eigenvalue weighted by Crippen LogP contribution is -2.39. The molecule has 5 nitrogen and oxygen atoms in total. The molecule has 0 bridgehead atoms. The maximum Gasteiger partial charge on any atom is 0.150 e. The van der Waals surface area contributed by atoms with Crippen molar-refractivity contribution in [2.24, 2.45) is 10.4 Å². The topological polar surface area (TPSA) is 53.9 Å². The number of benzene rings is 1. The summed E-state index contributed by atoms with van der Waals surface area (Å²) in [6.45, 7) is 10.0. The number of nitrogens with zero attached hydrogens (tertiary/aromatic N) is 2. The normalized spacial score (nSPS) is 16.9. The van der Waals surface area contributed by atoms with Crippen LogP contribution in [0.1, 0.15) is 24.2 Å². The Kier molecular flexibility index (Phi) is 4.09. The molecule has 2 rings (SSSR count). The van der Waals surface area contributed by atoms with E-state index in [4.69, 9.17) is 4.74 Å². The molecule has 1 heterocycles. The number of hydrogen-bond donors (Lipinski definition) is 1. The van der Waals surface area contributed by atoms with E-state index >= 15 is 0 Å². The summed E-state index contributed by atoms with van der Waals surface area (Å²) in [5, 5.41) is 3.16. The summed E-state index contributed by atoms with van der Waals surface area (Å²) < 4.78 is 5.91. The van der Waals surface area contributed by atoms with Crippen LogP contribution in [0.2, 0.25) is 0 Å². The van der Waals surface area contributed by atoms with E-state index in [0.29, 0.717) is 30.3 Å². The molecule has 1 aromatic carbocycles. The van der Waals surface area contributed by atoms with Gasteiger partial charge in [-0.3, -0.25) is 9.79 Å². The van der Waals surface area contributed by atoms with Gasteiger partial charge in [-0.1, -0.05) is 13.8 Å². The highest BCUT2D eigenvalue weighted by Gasteiger charge is 2.30. The first-order valence-electron chi connectivity index (χ1n) is 6.63. The van der Waals surface area contributed by atoms with Crippen LogP contribution in [0.15, 0.2) is 17.1 Å². The smallest absolute Gasteiger partial charge is 0.150 e. The first-order valence-corrected chi connectivity index (χ1v) is 6.63. The molecule has 0 spiro atoms. The molecule has 0 radical (unpaired) electrons. The molecule has 20 heavy (non-hydrogen) atoms. The Morgan fingerprint density at radius 3 is 2.90 bits per heavy atom. The molecule has 1 aromatic rings. The van der Waals surface area contributed by atoms with Crippen LogP contribution < -0.4 is 15.0 Å². The SMILES string of the molecule is C=Nc1cc(C=O)cc2c1N(CNC)CC(C)(C)CO2. The minimum absolute atomic E-state index is 0.00958. The van der Waals surface area contributed by atoms with Gasteiger partial charge in [0.05, 0.1) is 19.0 Å². The Morgan fingerprint density at radius 2 is 2.30 bits per heavy atom. The van der Waals surface area contributed by atoms with Gasteiger partial charge in [0, 0.05) is 17.5 Å². The maximum absolute atomic E-state index is 11.0. The summed E-state index contributed by atoms with van der Waals surface area (Å²) in [7, 11) is 1.90. The first kappa shape index (κ1) is 14.5. The molecular formula is C15H21N3O2. The highest BCUT2D eigenvalue weighted by molar-refractivity contribution is 5.85. The zero-order chi connectivity index (χ0) is 14.8. The average molecular weight is 275 g/mol. The lowest BCUT2D eigenvalue weighted by Gasteiger charge is -2.30. The largest absolute Gasteiger partial charge is 0.491 e. The van der Waals surface area contributed by atoms with Crippen molar-refractivity contribution in [2.45, 2.75) is 13.8 Å². The second kappa shape index (κ2) is 5.63. The zero-order valence-electron chi connectivity index (χ0n) is 12.3. The van der Waals surface area contributed by atoms with Gasteiger partial charge in [-0.25, -0.2) is 0 Å². The van der Waals surface area contributed by atoms with E-state index in [9.17, 15) is 4.79 Å². The van der Waals surface area contributed by atoms with E-state index in [0.717, 1.165) is 18.5 Å². The third-order valence-corrected chi connectivity index (χ3v) is 3.29. The Balaban J connectivity index is 2.57. The number of ether oxygens (including phenoxy) is 1. The van der Waals surface area contributed by atoms with Crippen LogP contribution in [0.5, 0.6) is 5.75 Å². The Morgan fingerprint density at radius 1 is 1.55 bits per heavy atom. The van der Waals surface area contributed by atoms with Crippen LogP contribution in [-0.4, -0.2) is 39.9 Å². The number of carbonyl (C=O) groups excluding carboxylic acids is 1.